The fourth-order valence-corrected chi connectivity index (χ4v) is 2.90. The molecule has 3 rings (SSSR count). The highest BCUT2D eigenvalue weighted by Crippen LogP contribution is 2.32. The van der Waals surface area contributed by atoms with Crippen LogP contribution in [0.3, 0.4) is 0 Å². The van der Waals surface area contributed by atoms with Gasteiger partial charge < -0.3 is 14.4 Å². The fraction of sp³-hybridized carbons (Fsp3) is 0.278. The Bertz CT molecular complexity index is 745. The van der Waals surface area contributed by atoms with Crippen molar-refractivity contribution >= 4 is 11.6 Å². The number of carbonyl (C=O) groups excluding carboxylic acids is 1. The SMILES string of the molecule is COc1ccc(C(=O)N2CCCc3cc(F)ccc32)cc1OC. The Morgan fingerprint density at radius 1 is 1.09 bits per heavy atom. The number of aryl methyl sites for hydroxylation is 1. The molecule has 1 aliphatic heterocycles. The zero-order chi connectivity index (χ0) is 16.4. The molecule has 0 aromatic heterocycles. The third-order valence-corrected chi connectivity index (χ3v) is 4.04. The van der Waals surface area contributed by atoms with Crippen LogP contribution in [0.15, 0.2) is 36.4 Å². The number of benzene rings is 2. The molecule has 5 heteroatoms. The molecule has 1 heterocycles. The molecule has 0 unspecified atom stereocenters. The van der Waals surface area contributed by atoms with E-state index in [0.717, 1.165) is 24.1 Å². The summed E-state index contributed by atoms with van der Waals surface area (Å²) in [6.07, 6.45) is 1.60. The number of halogens is 1. The fourth-order valence-electron chi connectivity index (χ4n) is 2.90. The normalized spacial score (nSPS) is 13.4. The second-order valence-corrected chi connectivity index (χ2v) is 5.40. The van der Waals surface area contributed by atoms with Crippen molar-refractivity contribution < 1.29 is 18.7 Å². The zero-order valence-corrected chi connectivity index (χ0v) is 13.1. The molecule has 0 spiro atoms. The highest BCUT2D eigenvalue weighted by molar-refractivity contribution is 6.07. The maximum Gasteiger partial charge on any atom is 0.258 e. The van der Waals surface area contributed by atoms with E-state index in [1.165, 1.54) is 19.2 Å². The zero-order valence-electron chi connectivity index (χ0n) is 13.1. The Morgan fingerprint density at radius 3 is 2.61 bits per heavy atom. The minimum atomic E-state index is -0.274. The first-order valence-corrected chi connectivity index (χ1v) is 7.46. The molecule has 0 aliphatic carbocycles. The number of hydrogen-bond acceptors (Lipinski definition) is 3. The van der Waals surface area contributed by atoms with Crippen LogP contribution < -0.4 is 14.4 Å². The first kappa shape index (κ1) is 15.3. The van der Waals surface area contributed by atoms with Gasteiger partial charge in [0.15, 0.2) is 11.5 Å². The lowest BCUT2D eigenvalue weighted by atomic mass is 10.0. The van der Waals surface area contributed by atoms with Gasteiger partial charge in [0.2, 0.25) is 0 Å². The number of rotatable bonds is 3. The Morgan fingerprint density at radius 2 is 1.87 bits per heavy atom. The van der Waals surface area contributed by atoms with Crippen LogP contribution in [-0.2, 0) is 6.42 Å². The molecule has 0 fully saturated rings. The van der Waals surface area contributed by atoms with E-state index in [-0.39, 0.29) is 11.7 Å². The smallest absolute Gasteiger partial charge is 0.258 e. The first-order chi connectivity index (χ1) is 11.1. The number of nitrogens with zero attached hydrogens (tertiary/aromatic N) is 1. The molecule has 120 valence electrons. The summed E-state index contributed by atoms with van der Waals surface area (Å²) in [5, 5.41) is 0. The number of anilines is 1. The van der Waals surface area contributed by atoms with Crippen LogP contribution in [0, 0.1) is 5.82 Å². The molecule has 1 aliphatic rings. The lowest BCUT2D eigenvalue weighted by Crippen LogP contribution is -2.35. The maximum absolute atomic E-state index is 13.4. The van der Waals surface area contributed by atoms with Gasteiger partial charge in [-0.25, -0.2) is 4.39 Å². The van der Waals surface area contributed by atoms with Gasteiger partial charge in [0.05, 0.1) is 14.2 Å². The molecule has 0 radical (unpaired) electrons. The standard InChI is InChI=1S/C18H18FNO3/c1-22-16-8-5-13(11-17(16)23-2)18(21)20-9-3-4-12-10-14(19)6-7-15(12)20/h5-8,10-11H,3-4,9H2,1-2H3. The topological polar surface area (TPSA) is 38.8 Å². The molecule has 4 nitrogen and oxygen atoms in total. The minimum absolute atomic E-state index is 0.126. The van der Waals surface area contributed by atoms with Crippen molar-refractivity contribution in [1.29, 1.82) is 0 Å². The van der Waals surface area contributed by atoms with Crippen LogP contribution in [0.1, 0.15) is 22.3 Å². The van der Waals surface area contributed by atoms with Crippen molar-refractivity contribution in [3.05, 3.63) is 53.3 Å². The largest absolute Gasteiger partial charge is 0.493 e. The maximum atomic E-state index is 13.4. The van der Waals surface area contributed by atoms with Crippen molar-refractivity contribution in [3.63, 3.8) is 0 Å². The molecule has 0 bridgehead atoms. The molecule has 2 aromatic carbocycles. The van der Waals surface area contributed by atoms with Gasteiger partial charge >= 0.3 is 0 Å². The Kier molecular flexibility index (Phi) is 4.19. The van der Waals surface area contributed by atoms with Crippen LogP contribution in [0.2, 0.25) is 0 Å². The summed E-state index contributed by atoms with van der Waals surface area (Å²) in [6, 6.07) is 9.65. The Hall–Kier alpha value is -2.56. The van der Waals surface area contributed by atoms with Gasteiger partial charge in [-0.05, 0) is 54.8 Å². The number of methoxy groups -OCH3 is 2. The molecular formula is C18H18FNO3. The van der Waals surface area contributed by atoms with E-state index in [2.05, 4.69) is 0 Å². The van der Waals surface area contributed by atoms with E-state index >= 15 is 0 Å². The van der Waals surface area contributed by atoms with Gasteiger partial charge in [0, 0.05) is 17.8 Å². The van der Waals surface area contributed by atoms with Crippen molar-refractivity contribution in [2.75, 3.05) is 25.7 Å². The molecule has 2 aromatic rings. The van der Waals surface area contributed by atoms with Crippen LogP contribution in [-0.4, -0.2) is 26.7 Å². The van der Waals surface area contributed by atoms with Crippen molar-refractivity contribution in [3.8, 4) is 11.5 Å². The average Bonchev–Trinajstić information content (AvgIpc) is 2.59. The molecule has 1 amide bonds. The Labute approximate surface area is 134 Å². The van der Waals surface area contributed by atoms with Crippen LogP contribution in [0.5, 0.6) is 11.5 Å². The summed E-state index contributed by atoms with van der Waals surface area (Å²) >= 11 is 0. The third-order valence-electron chi connectivity index (χ3n) is 4.04. The van der Waals surface area contributed by atoms with Crippen molar-refractivity contribution in [2.45, 2.75) is 12.8 Å². The van der Waals surface area contributed by atoms with Crippen LogP contribution in [0.25, 0.3) is 0 Å². The van der Waals surface area contributed by atoms with Gasteiger partial charge in [0.25, 0.3) is 5.91 Å². The summed E-state index contributed by atoms with van der Waals surface area (Å²) < 4.78 is 23.8. The number of hydrogen-bond donors (Lipinski definition) is 0. The summed E-state index contributed by atoms with van der Waals surface area (Å²) in [6.45, 7) is 0.617. The van der Waals surface area contributed by atoms with Crippen molar-refractivity contribution in [2.24, 2.45) is 0 Å². The average molecular weight is 315 g/mol. The second-order valence-electron chi connectivity index (χ2n) is 5.40. The summed E-state index contributed by atoms with van der Waals surface area (Å²) in [5.41, 5.74) is 2.15. The van der Waals surface area contributed by atoms with Crippen molar-refractivity contribution in [1.82, 2.24) is 0 Å². The summed E-state index contributed by atoms with van der Waals surface area (Å²) in [4.78, 5) is 14.5. The van der Waals surface area contributed by atoms with E-state index < -0.39 is 0 Å². The van der Waals surface area contributed by atoms with Gasteiger partial charge in [-0.2, -0.15) is 0 Å². The number of carbonyl (C=O) groups is 1. The molecule has 23 heavy (non-hydrogen) atoms. The summed E-state index contributed by atoms with van der Waals surface area (Å²) in [7, 11) is 3.08. The molecule has 0 N–H and O–H groups in total. The van der Waals surface area contributed by atoms with E-state index in [9.17, 15) is 9.18 Å². The number of fused-ring (bicyclic) bond motifs is 1. The quantitative estimate of drug-likeness (QED) is 0.871. The highest BCUT2D eigenvalue weighted by atomic mass is 19.1. The van der Waals surface area contributed by atoms with Gasteiger partial charge in [0.1, 0.15) is 5.82 Å². The lowest BCUT2D eigenvalue weighted by Gasteiger charge is -2.29. The van der Waals surface area contributed by atoms with E-state index in [1.54, 1.807) is 36.3 Å². The molecule has 0 saturated carbocycles. The predicted molar refractivity (Wildman–Crippen MR) is 85.9 cm³/mol. The number of ether oxygens (including phenoxy) is 2. The number of amides is 1. The molecule has 0 saturated heterocycles. The first-order valence-electron chi connectivity index (χ1n) is 7.46. The van der Waals surface area contributed by atoms with Gasteiger partial charge in [-0.1, -0.05) is 0 Å². The highest BCUT2D eigenvalue weighted by Gasteiger charge is 2.24. The second kappa shape index (κ2) is 6.28. The molecular weight excluding hydrogens is 297 g/mol. The lowest BCUT2D eigenvalue weighted by molar-refractivity contribution is 0.0984. The third kappa shape index (κ3) is 2.86. The van der Waals surface area contributed by atoms with E-state index in [1.807, 2.05) is 0 Å². The molecule has 0 atom stereocenters. The van der Waals surface area contributed by atoms with Crippen LogP contribution in [0.4, 0.5) is 10.1 Å². The predicted octanol–water partition coefficient (Wildman–Crippen LogP) is 3.44. The van der Waals surface area contributed by atoms with E-state index in [4.69, 9.17) is 9.47 Å². The van der Waals surface area contributed by atoms with Crippen LogP contribution >= 0.6 is 0 Å². The summed E-state index contributed by atoms with van der Waals surface area (Å²) in [5.74, 6) is 0.683. The monoisotopic (exact) mass is 315 g/mol. The van der Waals surface area contributed by atoms with Gasteiger partial charge in [-0.15, -0.1) is 0 Å². The van der Waals surface area contributed by atoms with E-state index in [0.29, 0.717) is 23.6 Å². The Balaban J connectivity index is 1.96. The van der Waals surface area contributed by atoms with Gasteiger partial charge in [-0.3, -0.25) is 4.79 Å². The minimum Gasteiger partial charge on any atom is -0.493 e.